The molecule has 0 bridgehead atoms. The minimum absolute atomic E-state index is 0.0807. The van der Waals surface area contributed by atoms with Crippen LogP contribution in [0.25, 0.3) is 0 Å². The standard InChI is InChI=1S/C8H6F3N3/c9-8(10,11)5-14-6-1-2-13-7(3-6)4-12/h1-3H,5H2,(H,13,14). The lowest BCUT2D eigenvalue weighted by atomic mass is 10.3. The van der Waals surface area contributed by atoms with Crippen molar-refractivity contribution in [2.75, 3.05) is 11.9 Å². The molecule has 1 aromatic rings. The molecule has 0 fully saturated rings. The lowest BCUT2D eigenvalue weighted by Crippen LogP contribution is -2.21. The van der Waals surface area contributed by atoms with Crippen molar-refractivity contribution >= 4 is 5.69 Å². The zero-order valence-electron chi connectivity index (χ0n) is 6.97. The predicted molar refractivity (Wildman–Crippen MR) is 43.5 cm³/mol. The molecule has 0 aromatic carbocycles. The van der Waals surface area contributed by atoms with Crippen LogP contribution in [0.5, 0.6) is 0 Å². The Bertz CT molecular complexity index is 354. The average molecular weight is 201 g/mol. The third-order valence-corrected chi connectivity index (χ3v) is 1.37. The molecule has 0 atom stereocenters. The Labute approximate surface area is 78.2 Å². The highest BCUT2D eigenvalue weighted by molar-refractivity contribution is 5.45. The monoisotopic (exact) mass is 201 g/mol. The molecule has 1 rings (SSSR count). The number of nitrogens with zero attached hydrogens (tertiary/aromatic N) is 2. The number of alkyl halides is 3. The van der Waals surface area contributed by atoms with Gasteiger partial charge in [0, 0.05) is 11.9 Å². The molecule has 1 N–H and O–H groups in total. The van der Waals surface area contributed by atoms with Gasteiger partial charge in [-0.25, -0.2) is 4.98 Å². The van der Waals surface area contributed by atoms with E-state index in [-0.39, 0.29) is 11.4 Å². The summed E-state index contributed by atoms with van der Waals surface area (Å²) in [6, 6.07) is 4.36. The number of nitrogens with one attached hydrogen (secondary N) is 1. The lowest BCUT2D eigenvalue weighted by molar-refractivity contribution is -0.115. The Kier molecular flexibility index (Phi) is 2.92. The first-order valence-electron chi connectivity index (χ1n) is 3.68. The van der Waals surface area contributed by atoms with E-state index in [9.17, 15) is 13.2 Å². The fraction of sp³-hybridized carbons (Fsp3) is 0.250. The third-order valence-electron chi connectivity index (χ3n) is 1.37. The van der Waals surface area contributed by atoms with E-state index in [0.717, 1.165) is 0 Å². The summed E-state index contributed by atoms with van der Waals surface area (Å²) in [6.45, 7) is -1.12. The van der Waals surface area contributed by atoms with Crippen molar-refractivity contribution in [3.8, 4) is 6.07 Å². The van der Waals surface area contributed by atoms with Gasteiger partial charge in [0.05, 0.1) is 0 Å². The van der Waals surface area contributed by atoms with Gasteiger partial charge < -0.3 is 5.32 Å². The molecule has 3 nitrogen and oxygen atoms in total. The number of hydrogen-bond donors (Lipinski definition) is 1. The Hall–Kier alpha value is -1.77. The fourth-order valence-electron chi connectivity index (χ4n) is 0.804. The van der Waals surface area contributed by atoms with Crippen molar-refractivity contribution in [1.29, 1.82) is 5.26 Å². The van der Waals surface area contributed by atoms with E-state index in [0.29, 0.717) is 0 Å². The molecule has 0 aliphatic rings. The van der Waals surface area contributed by atoms with Crippen LogP contribution in [0.2, 0.25) is 0 Å². The Morgan fingerprint density at radius 2 is 2.21 bits per heavy atom. The van der Waals surface area contributed by atoms with E-state index in [1.807, 2.05) is 0 Å². The van der Waals surface area contributed by atoms with Crippen LogP contribution in [-0.2, 0) is 0 Å². The first kappa shape index (κ1) is 10.3. The summed E-state index contributed by atoms with van der Waals surface area (Å²) in [5, 5.41) is 10.6. The number of nitriles is 1. The first-order valence-corrected chi connectivity index (χ1v) is 3.68. The second-order valence-corrected chi connectivity index (χ2v) is 2.51. The quantitative estimate of drug-likeness (QED) is 0.795. The molecule has 0 spiro atoms. The average Bonchev–Trinajstić information content (AvgIpc) is 2.14. The normalized spacial score (nSPS) is 10.7. The molecule has 0 unspecified atom stereocenters. The molecule has 0 saturated carbocycles. The lowest BCUT2D eigenvalue weighted by Gasteiger charge is -2.08. The van der Waals surface area contributed by atoms with Gasteiger partial charge in [-0.2, -0.15) is 18.4 Å². The van der Waals surface area contributed by atoms with Crippen LogP contribution in [0.3, 0.4) is 0 Å². The number of rotatable bonds is 2. The molecular weight excluding hydrogens is 195 g/mol. The highest BCUT2D eigenvalue weighted by Crippen LogP contribution is 2.16. The smallest absolute Gasteiger partial charge is 0.376 e. The SMILES string of the molecule is N#Cc1cc(NCC(F)(F)F)ccn1. The maximum absolute atomic E-state index is 11.8. The number of hydrogen-bond acceptors (Lipinski definition) is 3. The second-order valence-electron chi connectivity index (χ2n) is 2.51. The molecule has 14 heavy (non-hydrogen) atoms. The van der Waals surface area contributed by atoms with Gasteiger partial charge >= 0.3 is 6.18 Å². The summed E-state index contributed by atoms with van der Waals surface area (Å²) >= 11 is 0. The van der Waals surface area contributed by atoms with E-state index in [1.165, 1.54) is 18.3 Å². The minimum atomic E-state index is -4.27. The molecule has 0 saturated heterocycles. The summed E-state index contributed by atoms with van der Waals surface area (Å²) in [4.78, 5) is 3.62. The number of aromatic nitrogens is 1. The summed E-state index contributed by atoms with van der Waals surface area (Å²) in [6.07, 6.45) is -2.99. The number of anilines is 1. The maximum atomic E-state index is 11.8. The van der Waals surface area contributed by atoms with Crippen LogP contribution < -0.4 is 5.32 Å². The van der Waals surface area contributed by atoms with Crippen LogP contribution in [0.1, 0.15) is 5.69 Å². The summed E-state index contributed by atoms with van der Waals surface area (Å²) in [7, 11) is 0. The van der Waals surface area contributed by atoms with Crippen molar-refractivity contribution < 1.29 is 13.2 Å². The van der Waals surface area contributed by atoms with E-state index >= 15 is 0 Å². The van der Waals surface area contributed by atoms with Crippen LogP contribution in [0.15, 0.2) is 18.3 Å². The molecule has 0 amide bonds. The Balaban J connectivity index is 2.65. The van der Waals surface area contributed by atoms with Gasteiger partial charge in [-0.3, -0.25) is 0 Å². The summed E-state index contributed by atoms with van der Waals surface area (Å²) in [5.41, 5.74) is 0.311. The third kappa shape index (κ3) is 3.31. The zero-order chi connectivity index (χ0) is 10.6. The van der Waals surface area contributed by atoms with E-state index in [4.69, 9.17) is 5.26 Å². The molecule has 74 valence electrons. The van der Waals surface area contributed by atoms with Crippen molar-refractivity contribution in [3.05, 3.63) is 24.0 Å². The van der Waals surface area contributed by atoms with E-state index in [2.05, 4.69) is 10.3 Å². The Morgan fingerprint density at radius 3 is 2.79 bits per heavy atom. The maximum Gasteiger partial charge on any atom is 0.405 e. The van der Waals surface area contributed by atoms with Crippen LogP contribution in [-0.4, -0.2) is 17.7 Å². The van der Waals surface area contributed by atoms with E-state index < -0.39 is 12.7 Å². The molecule has 0 aliphatic carbocycles. The van der Waals surface area contributed by atoms with Gasteiger partial charge in [-0.1, -0.05) is 0 Å². The minimum Gasteiger partial charge on any atom is -0.376 e. The molecule has 1 heterocycles. The van der Waals surface area contributed by atoms with Crippen LogP contribution >= 0.6 is 0 Å². The van der Waals surface area contributed by atoms with Gasteiger partial charge in [0.15, 0.2) is 0 Å². The number of pyridine rings is 1. The first-order chi connectivity index (χ1) is 6.51. The van der Waals surface area contributed by atoms with Gasteiger partial charge in [-0.15, -0.1) is 0 Å². The van der Waals surface area contributed by atoms with Crippen LogP contribution in [0, 0.1) is 11.3 Å². The second kappa shape index (κ2) is 3.96. The molecular formula is C8H6F3N3. The predicted octanol–water partition coefficient (Wildman–Crippen LogP) is 1.93. The molecule has 0 radical (unpaired) electrons. The highest BCUT2D eigenvalue weighted by Gasteiger charge is 2.26. The van der Waals surface area contributed by atoms with Crippen LogP contribution in [0.4, 0.5) is 18.9 Å². The fourth-order valence-corrected chi connectivity index (χ4v) is 0.804. The molecule has 6 heteroatoms. The van der Waals surface area contributed by atoms with Gasteiger partial charge in [-0.05, 0) is 12.1 Å². The summed E-state index contributed by atoms with van der Waals surface area (Å²) in [5.74, 6) is 0. The molecule has 1 aromatic heterocycles. The van der Waals surface area contributed by atoms with Gasteiger partial charge in [0.1, 0.15) is 18.3 Å². The van der Waals surface area contributed by atoms with Gasteiger partial charge in [0.25, 0.3) is 0 Å². The van der Waals surface area contributed by atoms with Gasteiger partial charge in [0.2, 0.25) is 0 Å². The van der Waals surface area contributed by atoms with Crippen molar-refractivity contribution in [3.63, 3.8) is 0 Å². The molecule has 0 aliphatic heterocycles. The largest absolute Gasteiger partial charge is 0.405 e. The van der Waals surface area contributed by atoms with Crippen molar-refractivity contribution in [2.45, 2.75) is 6.18 Å². The summed E-state index contributed by atoms with van der Waals surface area (Å²) < 4.78 is 35.3. The van der Waals surface area contributed by atoms with Crippen molar-refractivity contribution in [1.82, 2.24) is 4.98 Å². The zero-order valence-corrected chi connectivity index (χ0v) is 6.97. The number of halogens is 3. The van der Waals surface area contributed by atoms with E-state index in [1.54, 1.807) is 6.07 Å². The Morgan fingerprint density at radius 1 is 1.50 bits per heavy atom. The van der Waals surface area contributed by atoms with Crippen molar-refractivity contribution in [2.24, 2.45) is 0 Å². The topological polar surface area (TPSA) is 48.7 Å². The highest BCUT2D eigenvalue weighted by atomic mass is 19.4.